The molecule has 0 bridgehead atoms. The number of alkyl carbamates (subject to hydrolysis) is 1. The zero-order chi connectivity index (χ0) is 32.4. The second kappa shape index (κ2) is 19.6. The van der Waals surface area contributed by atoms with Gasteiger partial charge in [-0.1, -0.05) is 36.8 Å². The summed E-state index contributed by atoms with van der Waals surface area (Å²) in [6.07, 6.45) is 4.56. The molecule has 6 amide bonds. The molecule has 7 N–H and O–H groups in total. The number of rotatable bonds is 21. The fourth-order valence-electron chi connectivity index (χ4n) is 5.25. The van der Waals surface area contributed by atoms with Gasteiger partial charge in [0.25, 0.3) is 0 Å². The summed E-state index contributed by atoms with van der Waals surface area (Å²) >= 11 is 1.88. The molecule has 4 atom stereocenters. The van der Waals surface area contributed by atoms with Gasteiger partial charge in [-0.15, -0.1) is 0 Å². The molecule has 1 aromatic carbocycles. The summed E-state index contributed by atoms with van der Waals surface area (Å²) in [4.78, 5) is 72.0. The number of nitrogens with one attached hydrogen (secondary N) is 5. The Labute approximate surface area is 268 Å². The molecule has 2 aliphatic rings. The van der Waals surface area contributed by atoms with E-state index in [1.807, 2.05) is 30.0 Å². The van der Waals surface area contributed by atoms with Gasteiger partial charge in [0.2, 0.25) is 17.7 Å². The van der Waals surface area contributed by atoms with Gasteiger partial charge in [-0.3, -0.25) is 19.2 Å². The maximum absolute atomic E-state index is 12.7. The number of carbonyl (C=O) groups is 6. The zero-order valence-electron chi connectivity index (χ0n) is 25.6. The third-order valence-corrected chi connectivity index (χ3v) is 9.26. The minimum Gasteiger partial charge on any atom is -0.445 e. The van der Waals surface area contributed by atoms with E-state index in [0.717, 1.165) is 49.8 Å². The molecule has 13 nitrogen and oxygen atoms in total. The van der Waals surface area contributed by atoms with Crippen LogP contribution in [0, 0.1) is 0 Å². The largest absolute Gasteiger partial charge is 0.445 e. The Balaban J connectivity index is 1.19. The van der Waals surface area contributed by atoms with Crippen molar-refractivity contribution in [1.82, 2.24) is 26.6 Å². The molecule has 0 spiro atoms. The molecule has 2 aliphatic heterocycles. The summed E-state index contributed by atoms with van der Waals surface area (Å²) in [6, 6.07) is 8.41. The number of urea groups is 1. The SMILES string of the molecule is NC(=O)CC[C@H](NC(=O)OCc1ccccc1)C(=O)CCC(=O)NCCCCCNC(=O)CCCC[C@@H]1SCC2NC(=O)NC21. The van der Waals surface area contributed by atoms with E-state index in [2.05, 4.69) is 26.6 Å². The molecule has 0 saturated carbocycles. The molecule has 0 aromatic heterocycles. The highest BCUT2D eigenvalue weighted by Gasteiger charge is 2.42. The molecular formula is C31H46N6O7S. The van der Waals surface area contributed by atoms with Gasteiger partial charge in [-0.2, -0.15) is 11.8 Å². The maximum Gasteiger partial charge on any atom is 0.408 e. The molecule has 248 valence electrons. The van der Waals surface area contributed by atoms with Crippen molar-refractivity contribution in [1.29, 1.82) is 0 Å². The molecule has 0 radical (unpaired) electrons. The second-order valence-corrected chi connectivity index (χ2v) is 12.6. The van der Waals surface area contributed by atoms with Crippen molar-refractivity contribution in [3.05, 3.63) is 35.9 Å². The van der Waals surface area contributed by atoms with Crippen molar-refractivity contribution < 1.29 is 33.5 Å². The number of ketones is 1. The van der Waals surface area contributed by atoms with Crippen LogP contribution in [0.1, 0.15) is 76.2 Å². The number of amides is 6. The molecule has 45 heavy (non-hydrogen) atoms. The van der Waals surface area contributed by atoms with Crippen LogP contribution in [-0.4, -0.2) is 77.8 Å². The standard InChI is InChI=1S/C31H46N6O7S/c32-26(39)15-13-22(36-31(43)44-19-21-9-3-1-4-10-21)24(38)14-16-28(41)34-18-8-2-7-17-33-27(40)12-6-5-11-25-29-23(20-45-25)35-30(42)37-29/h1,3-4,9-10,22-23,25,29H,2,5-8,11-20H2,(H2,32,39)(H,33,40)(H,34,41)(H,36,43)(H2,35,37,42)/t22-,23?,25-,29?/m0/s1. The predicted octanol–water partition coefficient (Wildman–Crippen LogP) is 2.02. The van der Waals surface area contributed by atoms with Gasteiger partial charge in [0.15, 0.2) is 5.78 Å². The van der Waals surface area contributed by atoms with Gasteiger partial charge in [0.05, 0.1) is 18.1 Å². The van der Waals surface area contributed by atoms with Crippen molar-refractivity contribution in [2.45, 2.75) is 101 Å². The fraction of sp³-hybridized carbons (Fsp3) is 0.613. The highest BCUT2D eigenvalue weighted by molar-refractivity contribution is 8.00. The number of fused-ring (bicyclic) bond motifs is 1. The number of hydrogen-bond acceptors (Lipinski definition) is 8. The number of ether oxygens (including phenoxy) is 1. The smallest absolute Gasteiger partial charge is 0.408 e. The van der Waals surface area contributed by atoms with Crippen molar-refractivity contribution in [3.63, 3.8) is 0 Å². The van der Waals surface area contributed by atoms with Gasteiger partial charge < -0.3 is 37.1 Å². The third-order valence-electron chi connectivity index (χ3n) is 7.75. The van der Waals surface area contributed by atoms with Crippen LogP contribution >= 0.6 is 11.8 Å². The zero-order valence-corrected chi connectivity index (χ0v) is 26.5. The van der Waals surface area contributed by atoms with E-state index in [1.165, 1.54) is 0 Å². The highest BCUT2D eigenvalue weighted by atomic mass is 32.2. The molecule has 2 unspecified atom stereocenters. The molecule has 14 heteroatoms. The molecule has 0 aliphatic carbocycles. The molecular weight excluding hydrogens is 600 g/mol. The van der Waals surface area contributed by atoms with E-state index in [9.17, 15) is 28.8 Å². The Morgan fingerprint density at radius 1 is 0.889 bits per heavy atom. The second-order valence-electron chi connectivity index (χ2n) is 11.4. The summed E-state index contributed by atoms with van der Waals surface area (Å²) in [5.41, 5.74) is 6.00. The Kier molecular flexibility index (Phi) is 15.5. The fourth-order valence-corrected chi connectivity index (χ4v) is 6.80. The predicted molar refractivity (Wildman–Crippen MR) is 170 cm³/mol. The molecule has 1 aromatic rings. The molecule has 2 heterocycles. The van der Waals surface area contributed by atoms with E-state index in [-0.39, 0.29) is 68.0 Å². The normalized spacial score (nSPS) is 19.0. The number of benzene rings is 1. The van der Waals surface area contributed by atoms with E-state index in [4.69, 9.17) is 10.5 Å². The number of thioether (sulfide) groups is 1. The lowest BCUT2D eigenvalue weighted by Crippen LogP contribution is -2.42. The minimum absolute atomic E-state index is 0.0198. The molecule has 2 saturated heterocycles. The first-order valence-corrected chi connectivity index (χ1v) is 16.8. The van der Waals surface area contributed by atoms with Crippen LogP contribution in [0.15, 0.2) is 30.3 Å². The Morgan fingerprint density at radius 3 is 2.31 bits per heavy atom. The van der Waals surface area contributed by atoms with Crippen LogP contribution < -0.4 is 32.3 Å². The monoisotopic (exact) mass is 646 g/mol. The highest BCUT2D eigenvalue weighted by Crippen LogP contribution is 2.33. The van der Waals surface area contributed by atoms with Crippen LogP contribution in [0.4, 0.5) is 9.59 Å². The number of primary amides is 1. The van der Waals surface area contributed by atoms with Crippen LogP contribution in [0.25, 0.3) is 0 Å². The number of unbranched alkanes of at least 4 members (excludes halogenated alkanes) is 3. The summed E-state index contributed by atoms with van der Waals surface area (Å²) < 4.78 is 5.17. The van der Waals surface area contributed by atoms with Crippen molar-refractivity contribution in [2.24, 2.45) is 5.73 Å². The average molecular weight is 647 g/mol. The van der Waals surface area contributed by atoms with Gasteiger partial charge in [-0.25, -0.2) is 9.59 Å². The van der Waals surface area contributed by atoms with E-state index in [0.29, 0.717) is 24.8 Å². The van der Waals surface area contributed by atoms with Crippen LogP contribution in [0.2, 0.25) is 0 Å². The Hall–Kier alpha value is -3.81. The lowest BCUT2D eigenvalue weighted by atomic mass is 10.0. The van der Waals surface area contributed by atoms with Crippen molar-refractivity contribution >= 4 is 47.4 Å². The quantitative estimate of drug-likeness (QED) is 0.0861. The van der Waals surface area contributed by atoms with Crippen LogP contribution in [-0.2, 0) is 30.5 Å². The van der Waals surface area contributed by atoms with Crippen molar-refractivity contribution in [2.75, 3.05) is 18.8 Å². The number of carbonyl (C=O) groups excluding carboxylic acids is 6. The summed E-state index contributed by atoms with van der Waals surface area (Å²) in [7, 11) is 0. The number of hydrogen-bond donors (Lipinski definition) is 6. The van der Waals surface area contributed by atoms with Gasteiger partial charge in [0, 0.05) is 49.8 Å². The van der Waals surface area contributed by atoms with Gasteiger partial charge in [-0.05, 0) is 44.1 Å². The van der Waals surface area contributed by atoms with Gasteiger partial charge in [0.1, 0.15) is 6.61 Å². The maximum atomic E-state index is 12.7. The summed E-state index contributed by atoms with van der Waals surface area (Å²) in [5, 5.41) is 14.5. The first kappa shape index (κ1) is 35.7. The van der Waals surface area contributed by atoms with E-state index < -0.39 is 18.0 Å². The first-order chi connectivity index (χ1) is 21.7. The van der Waals surface area contributed by atoms with Gasteiger partial charge >= 0.3 is 12.1 Å². The summed E-state index contributed by atoms with van der Waals surface area (Å²) in [6.45, 7) is 1.06. The average Bonchev–Trinajstić information content (AvgIpc) is 3.58. The Morgan fingerprint density at radius 2 is 1.60 bits per heavy atom. The third kappa shape index (κ3) is 13.8. The molecule has 3 rings (SSSR count). The number of Topliss-reactive ketones (excluding diaryl/α,β-unsaturated/α-hetero) is 1. The topological polar surface area (TPSA) is 198 Å². The summed E-state index contributed by atoms with van der Waals surface area (Å²) in [5.74, 6) is -0.296. The Bertz CT molecular complexity index is 1150. The minimum atomic E-state index is -0.989. The van der Waals surface area contributed by atoms with Crippen LogP contribution in [0.5, 0.6) is 0 Å². The van der Waals surface area contributed by atoms with E-state index >= 15 is 0 Å². The molecule has 2 fully saturated rings. The first-order valence-electron chi connectivity index (χ1n) is 15.7. The van der Waals surface area contributed by atoms with Crippen molar-refractivity contribution in [3.8, 4) is 0 Å². The lowest BCUT2D eigenvalue weighted by Gasteiger charge is -2.17. The lowest BCUT2D eigenvalue weighted by molar-refractivity contribution is -0.126. The number of nitrogens with two attached hydrogens (primary N) is 1. The van der Waals surface area contributed by atoms with E-state index in [1.54, 1.807) is 12.1 Å². The van der Waals surface area contributed by atoms with Crippen LogP contribution in [0.3, 0.4) is 0 Å².